The van der Waals surface area contributed by atoms with Crippen molar-refractivity contribution in [2.24, 2.45) is 5.92 Å². The predicted octanol–water partition coefficient (Wildman–Crippen LogP) is 2.96. The molecule has 1 heterocycles. The maximum absolute atomic E-state index is 9.45. The lowest BCUT2D eigenvalue weighted by Crippen LogP contribution is -1.98. The lowest BCUT2D eigenvalue weighted by molar-refractivity contribution is 0.631. The summed E-state index contributed by atoms with van der Waals surface area (Å²) in [7, 11) is -1.10. The minimum absolute atomic E-state index is 0.778. The maximum atomic E-state index is 9.45. The summed E-state index contributed by atoms with van der Waals surface area (Å²) in [5, 5.41) is 0. The minimum Gasteiger partial charge on any atom is -0.352 e. The Bertz CT molecular complexity index is 91.3. The minimum atomic E-state index is -1.10. The molecule has 0 aromatic heterocycles. The highest BCUT2D eigenvalue weighted by atomic mass is 32.3. The van der Waals surface area contributed by atoms with Gasteiger partial charge in [-0.1, -0.05) is 20.8 Å². The SMILES string of the molecule is CC.CC1CCS(C)(O)C1. The molecule has 1 aliphatic rings. The molecule has 1 saturated heterocycles. The van der Waals surface area contributed by atoms with Gasteiger partial charge in [-0.05, 0) is 24.3 Å². The first-order chi connectivity index (χ1) is 4.60. The summed E-state index contributed by atoms with van der Waals surface area (Å²) >= 11 is 0. The van der Waals surface area contributed by atoms with E-state index in [0.29, 0.717) is 0 Å². The summed E-state index contributed by atoms with van der Waals surface area (Å²) in [6.07, 6.45) is 3.25. The van der Waals surface area contributed by atoms with Crippen molar-refractivity contribution in [1.29, 1.82) is 0 Å². The molecule has 0 amide bonds. The highest BCUT2D eigenvalue weighted by Crippen LogP contribution is 2.48. The van der Waals surface area contributed by atoms with Crippen LogP contribution >= 0.6 is 10.3 Å². The Morgan fingerprint density at radius 3 is 2.00 bits per heavy atom. The van der Waals surface area contributed by atoms with E-state index in [2.05, 4.69) is 6.92 Å². The summed E-state index contributed by atoms with van der Waals surface area (Å²) in [4.78, 5) is 0. The van der Waals surface area contributed by atoms with E-state index in [1.165, 1.54) is 6.42 Å². The van der Waals surface area contributed by atoms with Gasteiger partial charge in [-0.25, -0.2) is 0 Å². The van der Waals surface area contributed by atoms with E-state index < -0.39 is 10.3 Å². The Balaban J connectivity index is 0.000000371. The smallest absolute Gasteiger partial charge is 0.00111 e. The second-order valence-corrected chi connectivity index (χ2v) is 6.17. The molecule has 0 aromatic rings. The fourth-order valence-corrected chi connectivity index (χ4v) is 3.70. The largest absolute Gasteiger partial charge is 0.352 e. The molecule has 0 aliphatic carbocycles. The molecule has 64 valence electrons. The fourth-order valence-electron chi connectivity index (χ4n) is 1.23. The monoisotopic (exact) mass is 164 g/mol. The van der Waals surface area contributed by atoms with E-state index in [4.69, 9.17) is 0 Å². The third-order valence-electron chi connectivity index (χ3n) is 1.69. The van der Waals surface area contributed by atoms with Crippen molar-refractivity contribution in [3.05, 3.63) is 0 Å². The molecule has 1 aliphatic heterocycles. The lowest BCUT2D eigenvalue weighted by Gasteiger charge is -2.21. The van der Waals surface area contributed by atoms with E-state index in [-0.39, 0.29) is 0 Å². The average Bonchev–Trinajstić information content (AvgIpc) is 2.15. The van der Waals surface area contributed by atoms with E-state index in [1.54, 1.807) is 0 Å². The molecular weight excluding hydrogens is 144 g/mol. The first-order valence-electron chi connectivity index (χ1n) is 4.06. The normalized spacial score (nSPS) is 45.1. The number of hydrogen-bond donors (Lipinski definition) is 1. The van der Waals surface area contributed by atoms with Crippen LogP contribution in [0.15, 0.2) is 0 Å². The molecule has 1 rings (SSSR count). The van der Waals surface area contributed by atoms with Crippen molar-refractivity contribution in [3.8, 4) is 0 Å². The van der Waals surface area contributed by atoms with Gasteiger partial charge in [0.15, 0.2) is 0 Å². The van der Waals surface area contributed by atoms with Crippen molar-refractivity contribution in [2.75, 3.05) is 17.8 Å². The lowest BCUT2D eigenvalue weighted by atomic mass is 10.2. The van der Waals surface area contributed by atoms with Gasteiger partial charge in [-0.2, -0.15) is 0 Å². The van der Waals surface area contributed by atoms with Crippen molar-refractivity contribution in [1.82, 2.24) is 0 Å². The van der Waals surface area contributed by atoms with Crippen LogP contribution in [0, 0.1) is 5.92 Å². The van der Waals surface area contributed by atoms with Gasteiger partial charge in [0.2, 0.25) is 0 Å². The second kappa shape index (κ2) is 4.24. The maximum Gasteiger partial charge on any atom is 0.00111 e. The summed E-state index contributed by atoms with van der Waals surface area (Å²) in [5.74, 6) is 2.93. The van der Waals surface area contributed by atoms with Gasteiger partial charge in [-0.15, -0.1) is 10.3 Å². The van der Waals surface area contributed by atoms with Gasteiger partial charge in [0, 0.05) is 5.75 Å². The molecule has 10 heavy (non-hydrogen) atoms. The predicted molar refractivity (Wildman–Crippen MR) is 51.0 cm³/mol. The van der Waals surface area contributed by atoms with Crippen LogP contribution in [0.5, 0.6) is 0 Å². The highest BCUT2D eigenvalue weighted by molar-refractivity contribution is 8.28. The third kappa shape index (κ3) is 3.47. The standard InChI is InChI=1S/C6H14OS.C2H6/c1-6-3-4-8(2,7)5-6;1-2/h6-7H,3-5H2,1-2H3;1-2H3. The first kappa shape index (κ1) is 10.3. The van der Waals surface area contributed by atoms with Crippen LogP contribution in [-0.4, -0.2) is 22.3 Å². The van der Waals surface area contributed by atoms with E-state index >= 15 is 0 Å². The van der Waals surface area contributed by atoms with E-state index in [0.717, 1.165) is 17.4 Å². The Morgan fingerprint density at radius 2 is 1.90 bits per heavy atom. The molecule has 1 N–H and O–H groups in total. The molecule has 1 nitrogen and oxygen atoms in total. The van der Waals surface area contributed by atoms with E-state index in [9.17, 15) is 4.55 Å². The van der Waals surface area contributed by atoms with E-state index in [1.807, 2.05) is 20.1 Å². The molecule has 2 heteroatoms. The second-order valence-electron chi connectivity index (χ2n) is 2.99. The molecular formula is C8H20OS. The molecule has 0 aromatic carbocycles. The summed E-state index contributed by atoms with van der Waals surface area (Å²) in [6.45, 7) is 6.22. The third-order valence-corrected chi connectivity index (χ3v) is 4.10. The van der Waals surface area contributed by atoms with Crippen LogP contribution in [0.25, 0.3) is 0 Å². The Kier molecular flexibility index (Phi) is 4.37. The van der Waals surface area contributed by atoms with Gasteiger partial charge in [0.05, 0.1) is 0 Å². The van der Waals surface area contributed by atoms with Gasteiger partial charge in [0.1, 0.15) is 0 Å². The van der Waals surface area contributed by atoms with Crippen LogP contribution in [0.1, 0.15) is 27.2 Å². The van der Waals surface area contributed by atoms with Crippen LogP contribution in [-0.2, 0) is 0 Å². The average molecular weight is 164 g/mol. The molecule has 0 saturated carbocycles. The molecule has 0 spiro atoms. The topological polar surface area (TPSA) is 20.2 Å². The first-order valence-corrected chi connectivity index (χ1v) is 6.40. The van der Waals surface area contributed by atoms with Crippen LogP contribution in [0.3, 0.4) is 0 Å². The summed E-state index contributed by atoms with van der Waals surface area (Å²) < 4.78 is 9.45. The zero-order valence-corrected chi connectivity index (χ0v) is 8.37. The molecule has 2 atom stereocenters. The van der Waals surface area contributed by atoms with Gasteiger partial charge < -0.3 is 4.55 Å². The number of rotatable bonds is 0. The quantitative estimate of drug-likeness (QED) is 0.583. The zero-order valence-electron chi connectivity index (χ0n) is 7.55. The zero-order chi connectivity index (χ0) is 8.20. The number of hydrogen-bond acceptors (Lipinski definition) is 1. The van der Waals surface area contributed by atoms with Crippen molar-refractivity contribution in [3.63, 3.8) is 0 Å². The van der Waals surface area contributed by atoms with Crippen LogP contribution in [0.2, 0.25) is 0 Å². The molecule has 1 fully saturated rings. The van der Waals surface area contributed by atoms with Crippen LogP contribution in [0.4, 0.5) is 0 Å². The van der Waals surface area contributed by atoms with Crippen molar-refractivity contribution < 1.29 is 4.55 Å². The van der Waals surface area contributed by atoms with Gasteiger partial charge in [-0.3, -0.25) is 0 Å². The molecule has 2 unspecified atom stereocenters. The summed E-state index contributed by atoms with van der Waals surface area (Å²) in [6, 6.07) is 0. The Labute approximate surface area is 66.4 Å². The van der Waals surface area contributed by atoms with Crippen molar-refractivity contribution in [2.45, 2.75) is 27.2 Å². The van der Waals surface area contributed by atoms with Crippen LogP contribution < -0.4 is 0 Å². The fraction of sp³-hybridized carbons (Fsp3) is 1.00. The van der Waals surface area contributed by atoms with Crippen molar-refractivity contribution >= 4 is 10.3 Å². The Morgan fingerprint density at radius 1 is 1.40 bits per heavy atom. The van der Waals surface area contributed by atoms with Gasteiger partial charge >= 0.3 is 0 Å². The Hall–Kier alpha value is 0.310. The molecule has 0 bridgehead atoms. The van der Waals surface area contributed by atoms with Gasteiger partial charge in [0.25, 0.3) is 0 Å². The highest BCUT2D eigenvalue weighted by Gasteiger charge is 2.25. The summed E-state index contributed by atoms with van der Waals surface area (Å²) in [5.41, 5.74) is 0. The molecule has 0 radical (unpaired) electrons.